The maximum absolute atomic E-state index is 13.0. The van der Waals surface area contributed by atoms with Crippen molar-refractivity contribution in [2.45, 2.75) is 83.0 Å². The van der Waals surface area contributed by atoms with Gasteiger partial charge in [-0.1, -0.05) is 20.3 Å². The van der Waals surface area contributed by atoms with E-state index in [2.05, 4.69) is 10.6 Å². The number of amides is 3. The Morgan fingerprint density at radius 1 is 1.06 bits per heavy atom. The molecule has 0 aromatic heterocycles. The van der Waals surface area contributed by atoms with Gasteiger partial charge in [0.2, 0.25) is 17.7 Å². The number of nitrogens with two attached hydrogens (primary N) is 2. The van der Waals surface area contributed by atoms with E-state index in [-0.39, 0.29) is 18.2 Å². The summed E-state index contributed by atoms with van der Waals surface area (Å²) < 4.78 is 0. The van der Waals surface area contributed by atoms with Crippen molar-refractivity contribution in [2.24, 2.45) is 17.4 Å². The highest BCUT2D eigenvalue weighted by Crippen LogP contribution is 2.20. The van der Waals surface area contributed by atoms with Gasteiger partial charge in [-0.15, -0.1) is 0 Å². The largest absolute Gasteiger partial charge is 0.481 e. The number of nitrogens with one attached hydrogen (secondary N) is 2. The molecule has 1 saturated heterocycles. The topological polar surface area (TPSA) is 205 Å². The van der Waals surface area contributed by atoms with Crippen molar-refractivity contribution in [3.05, 3.63) is 0 Å². The van der Waals surface area contributed by atoms with Crippen LogP contribution in [0.4, 0.5) is 0 Å². The molecule has 1 heterocycles. The highest BCUT2D eigenvalue weighted by Gasteiger charge is 2.38. The van der Waals surface area contributed by atoms with Gasteiger partial charge in [-0.3, -0.25) is 19.2 Å². The number of carbonyl (C=O) groups is 5. The average Bonchev–Trinajstić information content (AvgIpc) is 3.23. The van der Waals surface area contributed by atoms with Crippen molar-refractivity contribution in [3.8, 4) is 0 Å². The summed E-state index contributed by atoms with van der Waals surface area (Å²) in [6.07, 6.45) is 2.24. The van der Waals surface area contributed by atoms with E-state index < -0.39 is 54.3 Å². The first kappa shape index (κ1) is 28.3. The van der Waals surface area contributed by atoms with Crippen LogP contribution in [0.15, 0.2) is 0 Å². The number of carboxylic acid groups (broad SMARTS) is 2. The molecule has 12 nitrogen and oxygen atoms in total. The van der Waals surface area contributed by atoms with Gasteiger partial charge in [0.1, 0.15) is 18.1 Å². The van der Waals surface area contributed by atoms with Crippen molar-refractivity contribution < 1.29 is 34.2 Å². The fraction of sp³-hybridized carbons (Fsp3) is 0.762. The highest BCUT2D eigenvalue weighted by molar-refractivity contribution is 5.94. The van der Waals surface area contributed by atoms with Crippen LogP contribution in [-0.4, -0.2) is 82.0 Å². The molecule has 1 rings (SSSR count). The molecular formula is C21H37N5O7. The van der Waals surface area contributed by atoms with Crippen LogP contribution in [0.1, 0.15) is 58.8 Å². The fourth-order valence-electron chi connectivity index (χ4n) is 3.72. The van der Waals surface area contributed by atoms with Crippen molar-refractivity contribution in [3.63, 3.8) is 0 Å². The molecule has 0 saturated carbocycles. The van der Waals surface area contributed by atoms with Gasteiger partial charge in [-0.05, 0) is 44.6 Å². The molecule has 0 aliphatic carbocycles. The third-order valence-electron chi connectivity index (χ3n) is 5.63. The second kappa shape index (κ2) is 13.7. The van der Waals surface area contributed by atoms with Gasteiger partial charge in [0.05, 0.1) is 6.04 Å². The van der Waals surface area contributed by atoms with Crippen LogP contribution < -0.4 is 22.1 Å². The molecule has 1 fully saturated rings. The minimum Gasteiger partial charge on any atom is -0.481 e. The Kier molecular flexibility index (Phi) is 11.8. The molecule has 4 atom stereocenters. The summed E-state index contributed by atoms with van der Waals surface area (Å²) in [5.41, 5.74) is 11.5. The minimum absolute atomic E-state index is 0.290. The van der Waals surface area contributed by atoms with E-state index in [0.717, 1.165) is 6.42 Å². The van der Waals surface area contributed by atoms with Crippen molar-refractivity contribution in [1.29, 1.82) is 0 Å². The standard InChI is InChI=1S/C21H37N5O7/c1-12(2)17(19(30)24-14(21(32)33)8-9-16(27)28)25-18(29)15-7-5-11-26(15)20(31)13(23)6-3-4-10-22/h12-15,17H,3-11,22-23H2,1-2H3,(H,24,30)(H,25,29)(H,27,28)(H,32,33). The zero-order valence-corrected chi connectivity index (χ0v) is 19.3. The number of nitrogens with zero attached hydrogens (tertiary/aromatic N) is 1. The monoisotopic (exact) mass is 471 g/mol. The summed E-state index contributed by atoms with van der Waals surface area (Å²) in [6, 6.07) is -3.96. The quantitative estimate of drug-likeness (QED) is 0.172. The van der Waals surface area contributed by atoms with Crippen molar-refractivity contribution in [2.75, 3.05) is 13.1 Å². The zero-order valence-electron chi connectivity index (χ0n) is 19.3. The third-order valence-corrected chi connectivity index (χ3v) is 5.63. The van der Waals surface area contributed by atoms with E-state index in [1.165, 1.54) is 4.90 Å². The Labute approximate surface area is 193 Å². The molecule has 188 valence electrons. The predicted molar refractivity (Wildman–Crippen MR) is 119 cm³/mol. The van der Waals surface area contributed by atoms with Gasteiger partial charge in [0.25, 0.3) is 0 Å². The number of rotatable bonds is 14. The molecule has 8 N–H and O–H groups in total. The minimum atomic E-state index is -1.40. The Balaban J connectivity index is 2.82. The molecule has 4 unspecified atom stereocenters. The molecule has 1 aliphatic heterocycles. The zero-order chi connectivity index (χ0) is 25.1. The molecule has 0 radical (unpaired) electrons. The lowest BCUT2D eigenvalue weighted by Gasteiger charge is -2.29. The number of hydrogen-bond acceptors (Lipinski definition) is 7. The van der Waals surface area contributed by atoms with Gasteiger partial charge in [0, 0.05) is 13.0 Å². The van der Waals surface area contributed by atoms with E-state index in [1.54, 1.807) is 13.8 Å². The maximum atomic E-state index is 13.0. The van der Waals surface area contributed by atoms with Crippen LogP contribution in [-0.2, 0) is 24.0 Å². The summed E-state index contributed by atoms with van der Waals surface area (Å²) in [6.45, 7) is 4.26. The summed E-state index contributed by atoms with van der Waals surface area (Å²) in [5.74, 6) is -4.50. The molecule has 1 aliphatic rings. The Hall–Kier alpha value is -2.73. The molecule has 0 bridgehead atoms. The maximum Gasteiger partial charge on any atom is 0.326 e. The van der Waals surface area contributed by atoms with Gasteiger partial charge in [-0.2, -0.15) is 0 Å². The lowest BCUT2D eigenvalue weighted by Crippen LogP contribution is -2.58. The average molecular weight is 472 g/mol. The number of carbonyl (C=O) groups excluding carboxylic acids is 3. The summed E-state index contributed by atoms with van der Waals surface area (Å²) in [5, 5.41) is 23.0. The first-order chi connectivity index (χ1) is 15.5. The molecule has 33 heavy (non-hydrogen) atoms. The molecule has 0 aromatic rings. The first-order valence-electron chi connectivity index (χ1n) is 11.3. The molecule has 12 heteroatoms. The lowest BCUT2D eigenvalue weighted by atomic mass is 10.0. The smallest absolute Gasteiger partial charge is 0.326 e. The summed E-state index contributed by atoms with van der Waals surface area (Å²) in [7, 11) is 0. The number of hydrogen-bond donors (Lipinski definition) is 6. The van der Waals surface area contributed by atoms with E-state index in [1.807, 2.05) is 0 Å². The molecule has 3 amide bonds. The van der Waals surface area contributed by atoms with Crippen LogP contribution in [0.5, 0.6) is 0 Å². The van der Waals surface area contributed by atoms with Crippen LogP contribution >= 0.6 is 0 Å². The van der Waals surface area contributed by atoms with Gasteiger partial charge in [0.15, 0.2) is 0 Å². The van der Waals surface area contributed by atoms with Crippen LogP contribution in [0.2, 0.25) is 0 Å². The Bertz CT molecular complexity index is 715. The van der Waals surface area contributed by atoms with Gasteiger partial charge < -0.3 is 37.2 Å². The van der Waals surface area contributed by atoms with E-state index >= 15 is 0 Å². The van der Waals surface area contributed by atoms with Crippen molar-refractivity contribution in [1.82, 2.24) is 15.5 Å². The molecule has 0 aromatic carbocycles. The number of likely N-dealkylation sites (tertiary alicyclic amines) is 1. The second-order valence-corrected chi connectivity index (χ2v) is 8.64. The Morgan fingerprint density at radius 3 is 2.27 bits per heavy atom. The molecular weight excluding hydrogens is 434 g/mol. The lowest BCUT2D eigenvalue weighted by molar-refractivity contribution is -0.144. The molecule has 0 spiro atoms. The first-order valence-corrected chi connectivity index (χ1v) is 11.3. The van der Waals surface area contributed by atoms with E-state index in [0.29, 0.717) is 38.8 Å². The SMILES string of the molecule is CC(C)C(NC(=O)C1CCCN1C(=O)C(N)CCCCN)C(=O)NC(CCC(=O)O)C(=O)O. The number of carboxylic acids is 2. The number of unbranched alkanes of at least 4 members (excludes halogenated alkanes) is 1. The highest BCUT2D eigenvalue weighted by atomic mass is 16.4. The number of aliphatic carboxylic acids is 2. The summed E-state index contributed by atoms with van der Waals surface area (Å²) >= 11 is 0. The predicted octanol–water partition coefficient (Wildman–Crippen LogP) is -0.991. The van der Waals surface area contributed by atoms with Gasteiger partial charge >= 0.3 is 11.9 Å². The fourth-order valence-corrected chi connectivity index (χ4v) is 3.72. The van der Waals surface area contributed by atoms with E-state index in [9.17, 15) is 29.1 Å². The van der Waals surface area contributed by atoms with Crippen LogP contribution in [0.3, 0.4) is 0 Å². The Morgan fingerprint density at radius 2 is 1.73 bits per heavy atom. The second-order valence-electron chi connectivity index (χ2n) is 8.64. The van der Waals surface area contributed by atoms with E-state index in [4.69, 9.17) is 16.6 Å². The normalized spacial score (nSPS) is 18.5. The van der Waals surface area contributed by atoms with Crippen LogP contribution in [0, 0.1) is 5.92 Å². The van der Waals surface area contributed by atoms with Crippen molar-refractivity contribution >= 4 is 29.7 Å². The summed E-state index contributed by atoms with van der Waals surface area (Å²) in [4.78, 5) is 62.0. The van der Waals surface area contributed by atoms with Gasteiger partial charge in [-0.25, -0.2) is 4.79 Å². The van der Waals surface area contributed by atoms with Crippen LogP contribution in [0.25, 0.3) is 0 Å². The third kappa shape index (κ3) is 8.97.